The van der Waals surface area contributed by atoms with Crippen molar-refractivity contribution in [3.8, 4) is 0 Å². The van der Waals surface area contributed by atoms with E-state index in [9.17, 15) is 4.79 Å². The molecule has 0 aromatic rings. The molecule has 29 heavy (non-hydrogen) atoms. The second-order valence-electron chi connectivity index (χ2n) is 11.8. The Balaban J connectivity index is 1.46. The molecule has 2 saturated carbocycles. The Morgan fingerprint density at radius 3 is 2.66 bits per heavy atom. The van der Waals surface area contributed by atoms with Crippen LogP contribution in [-0.2, 0) is 4.79 Å². The molecular formula is C27H45NO. The van der Waals surface area contributed by atoms with Crippen LogP contribution >= 0.6 is 0 Å². The first-order valence-electron chi connectivity index (χ1n) is 12.8. The van der Waals surface area contributed by atoms with E-state index >= 15 is 0 Å². The van der Waals surface area contributed by atoms with E-state index in [4.69, 9.17) is 0 Å². The average molecular weight is 400 g/mol. The summed E-state index contributed by atoms with van der Waals surface area (Å²) >= 11 is 0. The van der Waals surface area contributed by atoms with Gasteiger partial charge in [0, 0.05) is 17.5 Å². The zero-order chi connectivity index (χ0) is 20.8. The molecule has 164 valence electrons. The van der Waals surface area contributed by atoms with E-state index in [0.29, 0.717) is 5.41 Å². The van der Waals surface area contributed by atoms with E-state index in [-0.39, 0.29) is 11.3 Å². The number of allylic oxidation sites excluding steroid dienone is 2. The van der Waals surface area contributed by atoms with Crippen LogP contribution in [0.15, 0.2) is 11.8 Å². The largest absolute Gasteiger partial charge is 0.330 e. The lowest BCUT2D eigenvalue weighted by atomic mass is 9.48. The summed E-state index contributed by atoms with van der Waals surface area (Å²) in [7, 11) is 0. The van der Waals surface area contributed by atoms with Crippen LogP contribution in [0.4, 0.5) is 0 Å². The van der Waals surface area contributed by atoms with Gasteiger partial charge in [-0.2, -0.15) is 0 Å². The van der Waals surface area contributed by atoms with Crippen molar-refractivity contribution in [1.82, 2.24) is 5.32 Å². The molecule has 1 saturated heterocycles. The summed E-state index contributed by atoms with van der Waals surface area (Å²) in [4.78, 5) is 12.0. The molecule has 8 atom stereocenters. The molecule has 3 fully saturated rings. The summed E-state index contributed by atoms with van der Waals surface area (Å²) in [5, 5.41) is 3.25. The summed E-state index contributed by atoms with van der Waals surface area (Å²) < 4.78 is 0. The number of amides is 1. The molecule has 0 aromatic carbocycles. The van der Waals surface area contributed by atoms with Gasteiger partial charge in [-0.05, 0) is 79.4 Å². The van der Waals surface area contributed by atoms with Crippen LogP contribution in [0.5, 0.6) is 0 Å². The topological polar surface area (TPSA) is 29.1 Å². The second-order valence-corrected chi connectivity index (χ2v) is 11.8. The van der Waals surface area contributed by atoms with Gasteiger partial charge in [0.1, 0.15) is 0 Å². The maximum absolute atomic E-state index is 12.0. The van der Waals surface area contributed by atoms with Gasteiger partial charge in [-0.1, -0.05) is 66.4 Å². The molecule has 0 bridgehead atoms. The minimum Gasteiger partial charge on any atom is -0.330 e. The Labute approximate surface area is 179 Å². The molecule has 1 N–H and O–H groups in total. The molecule has 1 unspecified atom stereocenters. The second kappa shape index (κ2) is 8.04. The third-order valence-electron chi connectivity index (χ3n) is 10.4. The van der Waals surface area contributed by atoms with Gasteiger partial charge in [-0.25, -0.2) is 0 Å². The van der Waals surface area contributed by atoms with Crippen LogP contribution < -0.4 is 5.32 Å². The predicted molar refractivity (Wildman–Crippen MR) is 121 cm³/mol. The molecule has 0 spiro atoms. The SMILES string of the molecule is CCC(C)CCC[C@@H](C)[C@H]1CC[C@H]2[C@@H]3CC=C4NC(=O)CC[C@]4(C)[C@H]3CC[C@]12C. The molecule has 1 heterocycles. The highest BCUT2D eigenvalue weighted by Gasteiger charge is 2.59. The van der Waals surface area contributed by atoms with Crippen LogP contribution in [0.3, 0.4) is 0 Å². The quantitative estimate of drug-likeness (QED) is 0.507. The third kappa shape index (κ3) is 3.61. The number of hydrogen-bond donors (Lipinski definition) is 1. The van der Waals surface area contributed by atoms with Crippen LogP contribution in [-0.4, -0.2) is 5.91 Å². The fraction of sp³-hybridized carbons (Fsp3) is 0.889. The maximum Gasteiger partial charge on any atom is 0.224 e. The van der Waals surface area contributed by atoms with Gasteiger partial charge in [-0.15, -0.1) is 0 Å². The maximum atomic E-state index is 12.0. The molecule has 3 aliphatic carbocycles. The lowest BCUT2D eigenvalue weighted by Gasteiger charge is -2.57. The Bertz CT molecular complexity index is 653. The molecule has 0 radical (unpaired) electrons. The highest BCUT2D eigenvalue weighted by Crippen LogP contribution is 2.66. The Kier molecular flexibility index (Phi) is 5.95. The number of piperidine rings is 1. The molecule has 2 heteroatoms. The Morgan fingerprint density at radius 1 is 1.10 bits per heavy atom. The number of nitrogens with one attached hydrogen (secondary N) is 1. The zero-order valence-corrected chi connectivity index (χ0v) is 19.7. The molecule has 0 aromatic heterocycles. The van der Waals surface area contributed by atoms with Crippen molar-refractivity contribution in [3.05, 3.63) is 11.8 Å². The summed E-state index contributed by atoms with van der Waals surface area (Å²) in [6, 6.07) is 0. The molecule has 1 amide bonds. The summed E-state index contributed by atoms with van der Waals surface area (Å²) in [5.41, 5.74) is 2.04. The van der Waals surface area contributed by atoms with Gasteiger partial charge in [0.05, 0.1) is 0 Å². The first kappa shape index (κ1) is 21.4. The van der Waals surface area contributed by atoms with Crippen LogP contribution in [0, 0.1) is 46.3 Å². The lowest BCUT2D eigenvalue weighted by molar-refractivity contribution is -0.125. The fourth-order valence-corrected chi connectivity index (χ4v) is 8.36. The molecule has 1 aliphatic heterocycles. The Hall–Kier alpha value is -0.790. The van der Waals surface area contributed by atoms with Crippen LogP contribution in [0.2, 0.25) is 0 Å². The first-order valence-corrected chi connectivity index (χ1v) is 12.8. The first-order chi connectivity index (χ1) is 13.8. The van der Waals surface area contributed by atoms with E-state index < -0.39 is 0 Å². The standard InChI is InChI=1S/C27H45NO/c1-6-18(2)8-7-9-19(3)21-11-12-22-20-10-13-24-27(5,17-15-25(29)28-24)23(20)14-16-26(21,22)4/h13,18-23H,6-12,14-17H2,1-5H3,(H,28,29)/t18?,19-,20+,21-,22+,23+,26-,27-/m1/s1. The number of rotatable bonds is 6. The highest BCUT2D eigenvalue weighted by molar-refractivity contribution is 5.79. The van der Waals surface area contributed by atoms with Gasteiger partial charge in [0.15, 0.2) is 0 Å². The summed E-state index contributed by atoms with van der Waals surface area (Å²) in [5.74, 6) is 5.45. The van der Waals surface area contributed by atoms with Crippen LogP contribution in [0.25, 0.3) is 0 Å². The minimum atomic E-state index is 0.220. The minimum absolute atomic E-state index is 0.220. The predicted octanol–water partition coefficient (Wildman–Crippen LogP) is 7.10. The van der Waals surface area contributed by atoms with Crippen molar-refractivity contribution in [1.29, 1.82) is 0 Å². The van der Waals surface area contributed by atoms with Crippen molar-refractivity contribution in [2.45, 2.75) is 105 Å². The fourth-order valence-electron chi connectivity index (χ4n) is 8.36. The number of carbonyl (C=O) groups is 1. The van der Waals surface area contributed by atoms with Gasteiger partial charge in [0.25, 0.3) is 0 Å². The molecule has 2 nitrogen and oxygen atoms in total. The van der Waals surface area contributed by atoms with Crippen molar-refractivity contribution in [2.75, 3.05) is 0 Å². The highest BCUT2D eigenvalue weighted by atomic mass is 16.1. The van der Waals surface area contributed by atoms with E-state index in [1.54, 1.807) is 0 Å². The van der Waals surface area contributed by atoms with E-state index in [1.807, 2.05) is 0 Å². The molecule has 4 rings (SSSR count). The number of carbonyl (C=O) groups excluding carboxylic acids is 1. The van der Waals surface area contributed by atoms with E-state index in [2.05, 4.69) is 46.0 Å². The molecule has 4 aliphatic rings. The normalized spacial score (nSPS) is 43.5. The van der Waals surface area contributed by atoms with Crippen molar-refractivity contribution in [3.63, 3.8) is 0 Å². The molecular weight excluding hydrogens is 354 g/mol. The van der Waals surface area contributed by atoms with E-state index in [0.717, 1.165) is 48.3 Å². The van der Waals surface area contributed by atoms with Crippen molar-refractivity contribution in [2.24, 2.45) is 46.3 Å². The van der Waals surface area contributed by atoms with Gasteiger partial charge >= 0.3 is 0 Å². The smallest absolute Gasteiger partial charge is 0.224 e. The monoisotopic (exact) mass is 399 g/mol. The van der Waals surface area contributed by atoms with Crippen LogP contribution in [0.1, 0.15) is 105 Å². The number of hydrogen-bond acceptors (Lipinski definition) is 1. The summed E-state index contributed by atoms with van der Waals surface area (Å²) in [6.07, 6.45) is 16.7. The average Bonchev–Trinajstić information content (AvgIpc) is 3.05. The third-order valence-corrected chi connectivity index (χ3v) is 10.4. The Morgan fingerprint density at radius 2 is 1.90 bits per heavy atom. The van der Waals surface area contributed by atoms with Gasteiger partial charge in [-0.3, -0.25) is 4.79 Å². The lowest BCUT2D eigenvalue weighted by Crippen LogP contribution is -2.53. The summed E-state index contributed by atoms with van der Waals surface area (Å²) in [6.45, 7) is 12.4. The van der Waals surface area contributed by atoms with Crippen molar-refractivity contribution >= 4 is 5.91 Å². The zero-order valence-electron chi connectivity index (χ0n) is 19.7. The van der Waals surface area contributed by atoms with Gasteiger partial charge in [0.2, 0.25) is 5.91 Å². The van der Waals surface area contributed by atoms with Gasteiger partial charge < -0.3 is 5.32 Å². The number of fused-ring (bicyclic) bond motifs is 5. The van der Waals surface area contributed by atoms with Crippen molar-refractivity contribution < 1.29 is 4.79 Å². The van der Waals surface area contributed by atoms with E-state index in [1.165, 1.54) is 63.5 Å².